The molecule has 1 aliphatic carbocycles. The molecule has 1 aliphatic rings. The highest BCUT2D eigenvalue weighted by molar-refractivity contribution is 5.76. The highest BCUT2D eigenvalue weighted by atomic mass is 16.1. The van der Waals surface area contributed by atoms with E-state index in [4.69, 9.17) is 5.73 Å². The number of nitrogens with one attached hydrogen (secondary N) is 1. The van der Waals surface area contributed by atoms with Crippen molar-refractivity contribution in [1.82, 2.24) is 5.32 Å². The molecular weight excluding hydrogens is 188 g/mol. The van der Waals surface area contributed by atoms with E-state index in [0.717, 1.165) is 6.42 Å². The molecule has 0 aromatic carbocycles. The standard InChI is InChI=1S/C12H24N2O/c1-9(2)6-11(13)8-14-12(15)7-10-4-3-5-10/h9-11H,3-8,13H2,1-2H3,(H,14,15). The third-order valence-corrected chi connectivity index (χ3v) is 3.03. The molecule has 1 saturated carbocycles. The largest absolute Gasteiger partial charge is 0.355 e. The maximum absolute atomic E-state index is 11.5. The molecule has 0 aromatic heterocycles. The van der Waals surface area contributed by atoms with E-state index < -0.39 is 0 Å². The van der Waals surface area contributed by atoms with Gasteiger partial charge < -0.3 is 11.1 Å². The van der Waals surface area contributed by atoms with Crippen LogP contribution in [0.2, 0.25) is 0 Å². The van der Waals surface area contributed by atoms with Gasteiger partial charge in [0.1, 0.15) is 0 Å². The molecule has 0 heterocycles. The number of hydrogen-bond donors (Lipinski definition) is 2. The van der Waals surface area contributed by atoms with E-state index >= 15 is 0 Å². The van der Waals surface area contributed by atoms with Crippen LogP contribution in [0.3, 0.4) is 0 Å². The molecule has 1 unspecified atom stereocenters. The van der Waals surface area contributed by atoms with Gasteiger partial charge in [-0.15, -0.1) is 0 Å². The van der Waals surface area contributed by atoms with Gasteiger partial charge in [0.05, 0.1) is 0 Å². The molecule has 0 bridgehead atoms. The molecule has 3 nitrogen and oxygen atoms in total. The van der Waals surface area contributed by atoms with Crippen LogP contribution in [0.25, 0.3) is 0 Å². The van der Waals surface area contributed by atoms with Crippen LogP contribution in [0.1, 0.15) is 46.0 Å². The van der Waals surface area contributed by atoms with Crippen LogP contribution in [0.15, 0.2) is 0 Å². The van der Waals surface area contributed by atoms with Gasteiger partial charge in [0.15, 0.2) is 0 Å². The molecule has 0 spiro atoms. The summed E-state index contributed by atoms with van der Waals surface area (Å²) in [6.45, 7) is 4.93. The molecule has 1 atom stereocenters. The lowest BCUT2D eigenvalue weighted by atomic mass is 9.83. The summed E-state index contributed by atoms with van der Waals surface area (Å²) in [4.78, 5) is 11.5. The molecule has 1 amide bonds. The van der Waals surface area contributed by atoms with Gasteiger partial charge in [-0.05, 0) is 31.1 Å². The van der Waals surface area contributed by atoms with E-state index in [9.17, 15) is 4.79 Å². The Morgan fingerprint density at radius 1 is 1.47 bits per heavy atom. The Morgan fingerprint density at radius 3 is 2.60 bits per heavy atom. The fraction of sp³-hybridized carbons (Fsp3) is 0.917. The zero-order valence-corrected chi connectivity index (χ0v) is 9.96. The number of hydrogen-bond acceptors (Lipinski definition) is 2. The van der Waals surface area contributed by atoms with E-state index in [0.29, 0.717) is 24.8 Å². The summed E-state index contributed by atoms with van der Waals surface area (Å²) in [5, 5.41) is 2.92. The minimum absolute atomic E-state index is 0.107. The summed E-state index contributed by atoms with van der Waals surface area (Å²) in [6.07, 6.45) is 5.43. The van der Waals surface area contributed by atoms with Crippen LogP contribution in [0.5, 0.6) is 0 Å². The highest BCUT2D eigenvalue weighted by Gasteiger charge is 2.20. The summed E-state index contributed by atoms with van der Waals surface area (Å²) in [5.41, 5.74) is 5.89. The Bertz CT molecular complexity index is 200. The lowest BCUT2D eigenvalue weighted by molar-refractivity contribution is -0.122. The van der Waals surface area contributed by atoms with Crippen LogP contribution >= 0.6 is 0 Å². The van der Waals surface area contributed by atoms with Crippen LogP contribution in [-0.2, 0) is 4.79 Å². The number of nitrogens with two attached hydrogens (primary N) is 1. The van der Waals surface area contributed by atoms with Crippen molar-refractivity contribution < 1.29 is 4.79 Å². The van der Waals surface area contributed by atoms with Crippen LogP contribution in [-0.4, -0.2) is 18.5 Å². The Balaban J connectivity index is 2.04. The second-order valence-electron chi connectivity index (χ2n) is 5.19. The van der Waals surface area contributed by atoms with E-state index in [2.05, 4.69) is 19.2 Å². The van der Waals surface area contributed by atoms with Gasteiger partial charge in [0, 0.05) is 19.0 Å². The van der Waals surface area contributed by atoms with Crippen LogP contribution in [0, 0.1) is 11.8 Å². The summed E-state index contributed by atoms with van der Waals surface area (Å²) < 4.78 is 0. The smallest absolute Gasteiger partial charge is 0.220 e. The average molecular weight is 212 g/mol. The molecule has 1 rings (SSSR count). The van der Waals surface area contributed by atoms with Crippen molar-refractivity contribution in [3.05, 3.63) is 0 Å². The third kappa shape index (κ3) is 5.17. The molecule has 1 fully saturated rings. The number of rotatable bonds is 6. The van der Waals surface area contributed by atoms with E-state index in [1.807, 2.05) is 0 Å². The molecule has 0 saturated heterocycles. The summed E-state index contributed by atoms with van der Waals surface area (Å²) in [7, 11) is 0. The fourth-order valence-electron chi connectivity index (χ4n) is 1.97. The molecule has 0 aromatic rings. The van der Waals surface area contributed by atoms with Crippen molar-refractivity contribution in [2.75, 3.05) is 6.54 Å². The van der Waals surface area contributed by atoms with Crippen molar-refractivity contribution in [1.29, 1.82) is 0 Å². The van der Waals surface area contributed by atoms with Gasteiger partial charge in [-0.2, -0.15) is 0 Å². The molecule has 3 heteroatoms. The fourth-order valence-corrected chi connectivity index (χ4v) is 1.97. The van der Waals surface area contributed by atoms with Gasteiger partial charge in [-0.25, -0.2) is 0 Å². The van der Waals surface area contributed by atoms with E-state index in [-0.39, 0.29) is 11.9 Å². The van der Waals surface area contributed by atoms with Crippen molar-refractivity contribution in [3.63, 3.8) is 0 Å². The van der Waals surface area contributed by atoms with Gasteiger partial charge in [0.2, 0.25) is 5.91 Å². The molecule has 15 heavy (non-hydrogen) atoms. The van der Waals surface area contributed by atoms with Crippen molar-refractivity contribution in [2.45, 2.75) is 52.0 Å². The first-order chi connectivity index (χ1) is 7.08. The molecule has 0 aliphatic heterocycles. The number of carbonyl (C=O) groups is 1. The van der Waals surface area contributed by atoms with Crippen LogP contribution < -0.4 is 11.1 Å². The van der Waals surface area contributed by atoms with Gasteiger partial charge in [0.25, 0.3) is 0 Å². The predicted molar refractivity (Wildman–Crippen MR) is 62.4 cm³/mol. The second-order valence-corrected chi connectivity index (χ2v) is 5.19. The summed E-state index contributed by atoms with van der Waals surface area (Å²) in [6, 6.07) is 0.107. The van der Waals surface area contributed by atoms with E-state index in [1.54, 1.807) is 0 Å². The molecular formula is C12H24N2O. The zero-order chi connectivity index (χ0) is 11.3. The minimum atomic E-state index is 0.107. The Labute approximate surface area is 92.8 Å². The van der Waals surface area contributed by atoms with Crippen molar-refractivity contribution in [3.8, 4) is 0 Å². The Morgan fingerprint density at radius 2 is 2.13 bits per heavy atom. The predicted octanol–water partition coefficient (Wildman–Crippen LogP) is 1.67. The van der Waals surface area contributed by atoms with Gasteiger partial charge >= 0.3 is 0 Å². The van der Waals surface area contributed by atoms with Crippen molar-refractivity contribution in [2.24, 2.45) is 17.6 Å². The van der Waals surface area contributed by atoms with E-state index in [1.165, 1.54) is 19.3 Å². The topological polar surface area (TPSA) is 55.1 Å². The molecule has 0 radical (unpaired) electrons. The number of amides is 1. The average Bonchev–Trinajstić information content (AvgIpc) is 2.07. The SMILES string of the molecule is CC(C)CC(N)CNC(=O)CC1CCC1. The first kappa shape index (κ1) is 12.5. The lowest BCUT2D eigenvalue weighted by Gasteiger charge is -2.24. The van der Waals surface area contributed by atoms with Gasteiger partial charge in [-0.1, -0.05) is 20.3 Å². The quantitative estimate of drug-likeness (QED) is 0.703. The van der Waals surface area contributed by atoms with Crippen molar-refractivity contribution >= 4 is 5.91 Å². The Kier molecular flexibility index (Phi) is 5.09. The van der Waals surface area contributed by atoms with Crippen LogP contribution in [0.4, 0.5) is 0 Å². The minimum Gasteiger partial charge on any atom is -0.355 e. The third-order valence-electron chi connectivity index (χ3n) is 3.03. The summed E-state index contributed by atoms with van der Waals surface area (Å²) >= 11 is 0. The highest BCUT2D eigenvalue weighted by Crippen LogP contribution is 2.28. The monoisotopic (exact) mass is 212 g/mol. The maximum atomic E-state index is 11.5. The molecule has 3 N–H and O–H groups in total. The number of carbonyl (C=O) groups excluding carboxylic acids is 1. The first-order valence-corrected chi connectivity index (χ1v) is 6.10. The zero-order valence-electron chi connectivity index (χ0n) is 9.96. The summed E-state index contributed by atoms with van der Waals surface area (Å²) in [5.74, 6) is 1.42. The Hall–Kier alpha value is -0.570. The normalized spacial score (nSPS) is 18.7. The lowest BCUT2D eigenvalue weighted by Crippen LogP contribution is -2.38. The molecule has 88 valence electrons. The van der Waals surface area contributed by atoms with Gasteiger partial charge in [-0.3, -0.25) is 4.79 Å². The first-order valence-electron chi connectivity index (χ1n) is 6.10. The maximum Gasteiger partial charge on any atom is 0.220 e. The second kappa shape index (κ2) is 6.11.